The van der Waals surface area contributed by atoms with E-state index in [0.717, 1.165) is 25.7 Å². The molecule has 1 N–H and O–H groups in total. The van der Waals surface area contributed by atoms with E-state index in [1.54, 1.807) is 0 Å². The summed E-state index contributed by atoms with van der Waals surface area (Å²) < 4.78 is 5.30. The molecule has 0 bridgehead atoms. The Hall–Kier alpha value is -0.0800. The molecule has 0 amide bonds. The second kappa shape index (κ2) is 5.56. The van der Waals surface area contributed by atoms with Crippen LogP contribution in [0.25, 0.3) is 0 Å². The van der Waals surface area contributed by atoms with Crippen molar-refractivity contribution >= 4 is 0 Å². The number of nitrogens with one attached hydrogen (secondary N) is 1. The molecule has 1 rings (SSSR count). The molecule has 0 saturated carbocycles. The molecule has 2 heteroatoms. The third kappa shape index (κ3) is 3.73. The molecule has 0 aromatic rings. The van der Waals surface area contributed by atoms with Gasteiger partial charge in [-0.15, -0.1) is 0 Å². The summed E-state index contributed by atoms with van der Waals surface area (Å²) in [5.41, 5.74) is 0. The van der Waals surface area contributed by atoms with Crippen LogP contribution in [0.15, 0.2) is 0 Å². The van der Waals surface area contributed by atoms with Crippen LogP contribution in [-0.4, -0.2) is 26.8 Å². The molecule has 0 spiro atoms. The van der Waals surface area contributed by atoms with Crippen molar-refractivity contribution < 1.29 is 4.74 Å². The topological polar surface area (TPSA) is 21.3 Å². The largest absolute Gasteiger partial charge is 0.381 e. The Balaban J connectivity index is 1.86. The maximum absolute atomic E-state index is 5.30. The van der Waals surface area contributed by atoms with Gasteiger partial charge in [-0.25, -0.2) is 0 Å². The minimum absolute atomic E-state index is 0.867. The highest BCUT2D eigenvalue weighted by Gasteiger charge is 2.14. The van der Waals surface area contributed by atoms with Crippen LogP contribution in [0.5, 0.6) is 0 Å². The molecule has 1 aliphatic heterocycles. The zero-order valence-corrected chi connectivity index (χ0v) is 7.44. The average molecular weight is 157 g/mol. The lowest BCUT2D eigenvalue weighted by molar-refractivity contribution is 0.183. The average Bonchev–Trinajstić information content (AvgIpc) is 2.50. The Morgan fingerprint density at radius 1 is 1.45 bits per heavy atom. The van der Waals surface area contributed by atoms with E-state index in [0.29, 0.717) is 0 Å². The van der Waals surface area contributed by atoms with E-state index >= 15 is 0 Å². The van der Waals surface area contributed by atoms with E-state index < -0.39 is 0 Å². The van der Waals surface area contributed by atoms with Gasteiger partial charge in [-0.05, 0) is 38.8 Å². The Kier molecular flexibility index (Phi) is 4.55. The molecule has 1 saturated heterocycles. The summed E-state index contributed by atoms with van der Waals surface area (Å²) in [6.07, 6.45) is 5.32. The highest BCUT2D eigenvalue weighted by molar-refractivity contribution is 4.63. The van der Waals surface area contributed by atoms with Crippen molar-refractivity contribution in [3.05, 3.63) is 0 Å². The molecule has 0 radical (unpaired) electrons. The first-order valence-corrected chi connectivity index (χ1v) is 4.66. The molecule has 66 valence electrons. The Morgan fingerprint density at radius 2 is 2.36 bits per heavy atom. The fourth-order valence-corrected chi connectivity index (χ4v) is 1.55. The van der Waals surface area contributed by atoms with Crippen molar-refractivity contribution in [3.63, 3.8) is 0 Å². The van der Waals surface area contributed by atoms with Crippen molar-refractivity contribution in [2.24, 2.45) is 5.92 Å². The first kappa shape index (κ1) is 9.01. The summed E-state index contributed by atoms with van der Waals surface area (Å²) in [5, 5.41) is 3.16. The molecule has 1 aliphatic rings. The maximum Gasteiger partial charge on any atom is 0.0495 e. The maximum atomic E-state index is 5.30. The van der Waals surface area contributed by atoms with Crippen molar-refractivity contribution in [3.8, 4) is 0 Å². The first-order valence-electron chi connectivity index (χ1n) is 4.66. The number of hydrogen-bond donors (Lipinski definition) is 1. The molecule has 11 heavy (non-hydrogen) atoms. The van der Waals surface area contributed by atoms with E-state index in [1.807, 2.05) is 7.05 Å². The molecule has 0 aromatic carbocycles. The zero-order valence-electron chi connectivity index (χ0n) is 7.44. The summed E-state index contributed by atoms with van der Waals surface area (Å²) >= 11 is 0. The van der Waals surface area contributed by atoms with E-state index in [-0.39, 0.29) is 0 Å². The molecule has 1 fully saturated rings. The van der Waals surface area contributed by atoms with Gasteiger partial charge in [-0.3, -0.25) is 0 Å². The molecular weight excluding hydrogens is 138 g/mol. The van der Waals surface area contributed by atoms with Gasteiger partial charge in [0.25, 0.3) is 0 Å². The van der Waals surface area contributed by atoms with E-state index in [4.69, 9.17) is 4.74 Å². The van der Waals surface area contributed by atoms with Crippen molar-refractivity contribution in [1.29, 1.82) is 0 Å². The van der Waals surface area contributed by atoms with E-state index in [9.17, 15) is 0 Å². The third-order valence-electron chi connectivity index (χ3n) is 2.31. The second-order valence-corrected chi connectivity index (χ2v) is 3.33. The smallest absolute Gasteiger partial charge is 0.0495 e. The van der Waals surface area contributed by atoms with Crippen LogP contribution in [0.3, 0.4) is 0 Å². The quantitative estimate of drug-likeness (QED) is 0.609. The van der Waals surface area contributed by atoms with Gasteiger partial charge in [0.2, 0.25) is 0 Å². The Bertz CT molecular complexity index is 89.6. The fraction of sp³-hybridized carbons (Fsp3) is 1.00. The summed E-state index contributed by atoms with van der Waals surface area (Å²) in [4.78, 5) is 0. The normalized spacial score (nSPS) is 24.3. The van der Waals surface area contributed by atoms with E-state index in [2.05, 4.69) is 5.32 Å². The van der Waals surface area contributed by atoms with Gasteiger partial charge in [0, 0.05) is 13.2 Å². The fourth-order valence-electron chi connectivity index (χ4n) is 1.55. The van der Waals surface area contributed by atoms with Gasteiger partial charge in [-0.1, -0.05) is 6.42 Å². The summed E-state index contributed by atoms with van der Waals surface area (Å²) in [6, 6.07) is 0. The molecular formula is C9H19NO. The SMILES string of the molecule is CNCCCCC1CCOC1. The third-order valence-corrected chi connectivity index (χ3v) is 2.31. The summed E-state index contributed by atoms with van der Waals surface area (Å²) in [7, 11) is 2.01. The summed E-state index contributed by atoms with van der Waals surface area (Å²) in [5.74, 6) is 0.867. The molecule has 1 unspecified atom stereocenters. The van der Waals surface area contributed by atoms with Crippen LogP contribution in [0.2, 0.25) is 0 Å². The Morgan fingerprint density at radius 3 is 3.00 bits per heavy atom. The van der Waals surface area contributed by atoms with Gasteiger partial charge in [0.05, 0.1) is 0 Å². The Labute approximate surface area is 69.3 Å². The van der Waals surface area contributed by atoms with Crippen LogP contribution in [0, 0.1) is 5.92 Å². The monoisotopic (exact) mass is 157 g/mol. The van der Waals surface area contributed by atoms with Gasteiger partial charge >= 0.3 is 0 Å². The van der Waals surface area contributed by atoms with Crippen molar-refractivity contribution in [2.45, 2.75) is 25.7 Å². The number of rotatable bonds is 5. The standard InChI is InChI=1S/C9H19NO/c1-10-6-3-2-4-9-5-7-11-8-9/h9-10H,2-8H2,1H3. The molecule has 1 atom stereocenters. The highest BCUT2D eigenvalue weighted by atomic mass is 16.5. The highest BCUT2D eigenvalue weighted by Crippen LogP contribution is 2.18. The molecule has 2 nitrogen and oxygen atoms in total. The minimum Gasteiger partial charge on any atom is -0.381 e. The van der Waals surface area contributed by atoms with Crippen LogP contribution < -0.4 is 5.32 Å². The van der Waals surface area contributed by atoms with Crippen molar-refractivity contribution in [2.75, 3.05) is 26.8 Å². The summed E-state index contributed by atoms with van der Waals surface area (Å²) in [6.45, 7) is 3.17. The van der Waals surface area contributed by atoms with Gasteiger partial charge in [0.1, 0.15) is 0 Å². The lowest BCUT2D eigenvalue weighted by Gasteiger charge is -2.05. The molecule has 1 heterocycles. The first-order chi connectivity index (χ1) is 5.43. The number of unbranched alkanes of at least 4 members (excludes halogenated alkanes) is 1. The number of hydrogen-bond acceptors (Lipinski definition) is 2. The van der Waals surface area contributed by atoms with Gasteiger partial charge in [-0.2, -0.15) is 0 Å². The predicted molar refractivity (Wildman–Crippen MR) is 46.7 cm³/mol. The zero-order chi connectivity index (χ0) is 7.94. The second-order valence-electron chi connectivity index (χ2n) is 3.33. The van der Waals surface area contributed by atoms with Gasteiger partial charge < -0.3 is 10.1 Å². The lowest BCUT2D eigenvalue weighted by atomic mass is 10.0. The van der Waals surface area contributed by atoms with Crippen LogP contribution in [0.4, 0.5) is 0 Å². The predicted octanol–water partition coefficient (Wildman–Crippen LogP) is 1.41. The van der Waals surface area contributed by atoms with Crippen LogP contribution in [-0.2, 0) is 4.74 Å². The van der Waals surface area contributed by atoms with Crippen LogP contribution >= 0.6 is 0 Å². The molecule has 0 aromatic heterocycles. The van der Waals surface area contributed by atoms with Crippen molar-refractivity contribution in [1.82, 2.24) is 5.32 Å². The lowest BCUT2D eigenvalue weighted by Crippen LogP contribution is -2.08. The van der Waals surface area contributed by atoms with E-state index in [1.165, 1.54) is 25.7 Å². The minimum atomic E-state index is 0.867. The van der Waals surface area contributed by atoms with Crippen LogP contribution in [0.1, 0.15) is 25.7 Å². The van der Waals surface area contributed by atoms with Gasteiger partial charge in [0.15, 0.2) is 0 Å². The molecule has 0 aliphatic carbocycles. The number of ether oxygens (including phenoxy) is 1.